The first-order valence-corrected chi connectivity index (χ1v) is 10.2. The number of aromatic nitrogens is 1. The van der Waals surface area contributed by atoms with Gasteiger partial charge in [0.05, 0.1) is 10.9 Å². The van der Waals surface area contributed by atoms with Gasteiger partial charge in [0.2, 0.25) is 0 Å². The minimum Gasteiger partial charge on any atom is -0.458 e. The Morgan fingerprint density at radius 1 is 1.07 bits per heavy atom. The fraction of sp³-hybridized carbons (Fsp3) is 0.182. The fourth-order valence-electron chi connectivity index (χ4n) is 2.70. The third-order valence-electron chi connectivity index (χ3n) is 4.33. The van der Waals surface area contributed by atoms with Gasteiger partial charge in [-0.05, 0) is 36.2 Å². The molecular weight excluding hydrogens is 377 g/mol. The summed E-state index contributed by atoms with van der Waals surface area (Å²) in [7, 11) is -1.43. The number of benzene rings is 2. The van der Waals surface area contributed by atoms with Gasteiger partial charge in [-0.3, -0.25) is 14.0 Å². The maximum Gasteiger partial charge on any atom is 0.318 e. The van der Waals surface area contributed by atoms with E-state index in [0.717, 1.165) is 11.1 Å². The van der Waals surface area contributed by atoms with Crippen molar-refractivity contribution >= 4 is 16.8 Å². The zero-order chi connectivity index (χ0) is 19.9. The molecule has 0 N–H and O–H groups in total. The van der Waals surface area contributed by atoms with Crippen LogP contribution >= 0.6 is 0 Å². The minimum absolute atomic E-state index is 0.0581. The van der Waals surface area contributed by atoms with Crippen LogP contribution in [0.15, 0.2) is 72.9 Å². The maximum absolute atomic E-state index is 13.9. The van der Waals surface area contributed by atoms with Crippen molar-refractivity contribution in [1.82, 2.24) is 4.98 Å². The van der Waals surface area contributed by atoms with Crippen molar-refractivity contribution in [2.24, 2.45) is 0 Å². The normalized spacial score (nSPS) is 12.9. The van der Waals surface area contributed by atoms with E-state index in [1.165, 1.54) is 6.07 Å². The van der Waals surface area contributed by atoms with Gasteiger partial charge in [0, 0.05) is 22.6 Å². The van der Waals surface area contributed by atoms with Crippen molar-refractivity contribution in [3.8, 4) is 11.1 Å². The van der Waals surface area contributed by atoms with Crippen molar-refractivity contribution in [2.45, 2.75) is 18.8 Å². The van der Waals surface area contributed by atoms with Crippen LogP contribution in [0.4, 0.5) is 4.39 Å². The summed E-state index contributed by atoms with van der Waals surface area (Å²) < 4.78 is 31.5. The average Bonchev–Trinajstić information content (AvgIpc) is 2.73. The molecule has 2 atom stereocenters. The summed E-state index contributed by atoms with van der Waals surface area (Å²) in [5, 5.41) is -0.350. The lowest BCUT2D eigenvalue weighted by Gasteiger charge is -2.13. The van der Waals surface area contributed by atoms with E-state index in [2.05, 4.69) is 4.98 Å². The molecule has 0 bridgehead atoms. The van der Waals surface area contributed by atoms with E-state index in [1.807, 2.05) is 12.1 Å². The monoisotopic (exact) mass is 397 g/mol. The van der Waals surface area contributed by atoms with Gasteiger partial charge in [-0.15, -0.1) is 0 Å². The lowest BCUT2D eigenvalue weighted by Crippen LogP contribution is -2.17. The number of ether oxygens (including phenoxy) is 1. The Balaban J connectivity index is 1.58. The number of pyridine rings is 1. The first kappa shape index (κ1) is 19.9. The summed E-state index contributed by atoms with van der Waals surface area (Å²) in [6, 6.07) is 19.1. The van der Waals surface area contributed by atoms with Crippen LogP contribution in [-0.4, -0.2) is 20.9 Å². The van der Waals surface area contributed by atoms with Crippen molar-refractivity contribution in [3.63, 3.8) is 0 Å². The molecule has 3 rings (SSSR count). The van der Waals surface area contributed by atoms with Gasteiger partial charge in [0.25, 0.3) is 0 Å². The largest absolute Gasteiger partial charge is 0.458 e. The Labute approximate surface area is 165 Å². The Morgan fingerprint density at radius 3 is 2.46 bits per heavy atom. The highest BCUT2D eigenvalue weighted by molar-refractivity contribution is 7.85. The Kier molecular flexibility index (Phi) is 6.66. The second kappa shape index (κ2) is 9.37. The first-order chi connectivity index (χ1) is 13.5. The minimum atomic E-state index is -1.43. The Bertz CT molecular complexity index is 961. The van der Waals surface area contributed by atoms with Crippen LogP contribution in [0.1, 0.15) is 23.4 Å². The number of hydrogen-bond acceptors (Lipinski definition) is 4. The highest BCUT2D eigenvalue weighted by Gasteiger charge is 2.18. The molecular formula is C22H20FNO3S. The molecule has 0 aliphatic heterocycles. The molecule has 0 fully saturated rings. The van der Waals surface area contributed by atoms with Crippen molar-refractivity contribution < 1.29 is 18.1 Å². The molecule has 0 aliphatic carbocycles. The van der Waals surface area contributed by atoms with E-state index in [-0.39, 0.29) is 23.4 Å². The van der Waals surface area contributed by atoms with Crippen LogP contribution in [0.5, 0.6) is 0 Å². The van der Waals surface area contributed by atoms with Crippen LogP contribution in [0.2, 0.25) is 0 Å². The van der Waals surface area contributed by atoms with Crippen LogP contribution in [-0.2, 0) is 26.9 Å². The van der Waals surface area contributed by atoms with E-state index in [0.29, 0.717) is 11.3 Å². The molecule has 2 unspecified atom stereocenters. The number of carbonyl (C=O) groups excluding carboxylic acids is 1. The summed E-state index contributed by atoms with van der Waals surface area (Å²) in [4.78, 5) is 16.0. The molecule has 28 heavy (non-hydrogen) atoms. The Morgan fingerprint density at radius 2 is 1.79 bits per heavy atom. The zero-order valence-electron chi connectivity index (χ0n) is 15.4. The molecule has 6 heteroatoms. The van der Waals surface area contributed by atoms with Crippen LogP contribution in [0.3, 0.4) is 0 Å². The lowest BCUT2D eigenvalue weighted by atomic mass is 10.0. The molecule has 0 spiro atoms. The molecule has 0 saturated heterocycles. The quantitative estimate of drug-likeness (QED) is 0.553. The third kappa shape index (κ3) is 5.10. The number of nitrogens with zero attached hydrogens (tertiary/aromatic N) is 1. The molecule has 4 nitrogen and oxygen atoms in total. The van der Waals surface area contributed by atoms with Crippen LogP contribution in [0, 0.1) is 5.82 Å². The van der Waals surface area contributed by atoms with Gasteiger partial charge in [-0.1, -0.05) is 48.5 Å². The van der Waals surface area contributed by atoms with E-state index < -0.39 is 16.8 Å². The SMILES string of the molecule is CC(c1ccc(-c2ccccc2F)cc1)S(=O)CC(=O)OCc1ccccn1. The molecule has 0 aliphatic rings. The van der Waals surface area contributed by atoms with E-state index in [1.54, 1.807) is 61.7 Å². The molecule has 0 amide bonds. The molecule has 0 saturated carbocycles. The number of esters is 1. The molecule has 3 aromatic rings. The molecule has 1 heterocycles. The second-order valence-corrected chi connectivity index (χ2v) is 8.01. The summed E-state index contributed by atoms with van der Waals surface area (Å²) in [6.07, 6.45) is 1.62. The van der Waals surface area contributed by atoms with E-state index in [4.69, 9.17) is 4.74 Å². The van der Waals surface area contributed by atoms with Crippen molar-refractivity contribution in [1.29, 1.82) is 0 Å². The van der Waals surface area contributed by atoms with Gasteiger partial charge in [-0.25, -0.2) is 4.39 Å². The predicted octanol–water partition coefficient (Wildman–Crippen LogP) is 4.44. The Hall–Kier alpha value is -2.86. The van der Waals surface area contributed by atoms with Crippen LogP contribution in [0.25, 0.3) is 11.1 Å². The van der Waals surface area contributed by atoms with Gasteiger partial charge in [0.1, 0.15) is 18.2 Å². The standard InChI is InChI=1S/C22H20FNO3S/c1-16(28(26)15-22(25)27-14-19-6-4-5-13-24-19)17-9-11-18(12-10-17)20-7-2-3-8-21(20)23/h2-13,16H,14-15H2,1H3. The lowest BCUT2D eigenvalue weighted by molar-refractivity contribution is -0.141. The topological polar surface area (TPSA) is 56.3 Å². The predicted molar refractivity (Wildman–Crippen MR) is 107 cm³/mol. The fourth-order valence-corrected chi connectivity index (χ4v) is 3.73. The molecule has 0 radical (unpaired) electrons. The summed E-state index contributed by atoms with van der Waals surface area (Å²) in [5.74, 6) is -1.01. The van der Waals surface area contributed by atoms with E-state index >= 15 is 0 Å². The highest BCUT2D eigenvalue weighted by atomic mass is 32.2. The summed E-state index contributed by atoms with van der Waals surface area (Å²) in [5.41, 5.74) is 2.71. The number of rotatable bonds is 7. The van der Waals surface area contributed by atoms with Gasteiger partial charge in [0.15, 0.2) is 0 Å². The number of halogens is 1. The van der Waals surface area contributed by atoms with Crippen molar-refractivity contribution in [3.05, 3.63) is 90.0 Å². The average molecular weight is 397 g/mol. The van der Waals surface area contributed by atoms with Gasteiger partial charge >= 0.3 is 5.97 Å². The highest BCUT2D eigenvalue weighted by Crippen LogP contribution is 2.26. The van der Waals surface area contributed by atoms with Gasteiger partial charge < -0.3 is 4.74 Å². The number of hydrogen-bond donors (Lipinski definition) is 0. The first-order valence-electron chi connectivity index (χ1n) is 8.82. The summed E-state index contributed by atoms with van der Waals surface area (Å²) in [6.45, 7) is 1.85. The van der Waals surface area contributed by atoms with Crippen LogP contribution < -0.4 is 0 Å². The van der Waals surface area contributed by atoms with E-state index in [9.17, 15) is 13.4 Å². The maximum atomic E-state index is 13.9. The smallest absolute Gasteiger partial charge is 0.318 e. The zero-order valence-corrected chi connectivity index (χ0v) is 16.2. The summed E-state index contributed by atoms with van der Waals surface area (Å²) >= 11 is 0. The van der Waals surface area contributed by atoms with Crippen molar-refractivity contribution in [2.75, 3.05) is 5.75 Å². The second-order valence-electron chi connectivity index (χ2n) is 6.25. The molecule has 144 valence electrons. The third-order valence-corrected chi connectivity index (χ3v) is 5.91. The molecule has 2 aromatic carbocycles. The molecule has 1 aromatic heterocycles. The van der Waals surface area contributed by atoms with Gasteiger partial charge in [-0.2, -0.15) is 0 Å². The number of carbonyl (C=O) groups is 1.